The number of amides is 1. The molecular weight excluding hydrogens is 472 g/mol. The fourth-order valence-corrected chi connectivity index (χ4v) is 5.06. The molecule has 6 nitrogen and oxygen atoms in total. The van der Waals surface area contributed by atoms with E-state index in [1.54, 1.807) is 10.6 Å². The molecule has 10 heteroatoms. The highest BCUT2D eigenvalue weighted by Gasteiger charge is 2.14. The summed E-state index contributed by atoms with van der Waals surface area (Å²) in [5.41, 5.74) is 3.02. The average molecular weight is 489 g/mol. The number of carbonyl (C=O) groups excluding carboxylic acids is 1. The first-order valence-electron chi connectivity index (χ1n) is 9.28. The number of rotatable bonds is 6. The molecule has 0 saturated carbocycles. The van der Waals surface area contributed by atoms with Crippen LogP contribution in [0.15, 0.2) is 58.5 Å². The molecule has 0 aliphatic rings. The normalized spacial score (nSPS) is 11.0. The van der Waals surface area contributed by atoms with Gasteiger partial charge in [0, 0.05) is 17.3 Å². The molecule has 0 unspecified atom stereocenters. The van der Waals surface area contributed by atoms with Crippen molar-refractivity contribution in [2.75, 3.05) is 5.75 Å². The molecule has 0 fully saturated rings. The van der Waals surface area contributed by atoms with Crippen LogP contribution in [0.4, 0.5) is 0 Å². The Labute approximate surface area is 196 Å². The van der Waals surface area contributed by atoms with Crippen LogP contribution in [0.25, 0.3) is 16.0 Å². The molecule has 2 heterocycles. The van der Waals surface area contributed by atoms with E-state index < -0.39 is 0 Å². The molecule has 0 saturated heterocycles. The van der Waals surface area contributed by atoms with E-state index in [-0.39, 0.29) is 17.2 Å². The Morgan fingerprint density at radius 1 is 1.26 bits per heavy atom. The van der Waals surface area contributed by atoms with Gasteiger partial charge in [-0.05, 0) is 42.9 Å². The summed E-state index contributed by atoms with van der Waals surface area (Å²) < 4.78 is 2.78. The number of hydrogen-bond acceptors (Lipinski definition) is 6. The van der Waals surface area contributed by atoms with Gasteiger partial charge in [-0.25, -0.2) is 4.98 Å². The zero-order chi connectivity index (χ0) is 22.0. The van der Waals surface area contributed by atoms with Gasteiger partial charge in [-0.2, -0.15) is 0 Å². The van der Waals surface area contributed by atoms with Gasteiger partial charge in [0.2, 0.25) is 5.91 Å². The van der Waals surface area contributed by atoms with Gasteiger partial charge in [-0.15, -0.1) is 0 Å². The van der Waals surface area contributed by atoms with Crippen molar-refractivity contribution in [2.45, 2.75) is 18.6 Å². The van der Waals surface area contributed by atoms with Crippen molar-refractivity contribution < 1.29 is 4.79 Å². The molecule has 0 spiro atoms. The van der Waals surface area contributed by atoms with E-state index in [0.29, 0.717) is 31.0 Å². The van der Waals surface area contributed by atoms with Gasteiger partial charge < -0.3 is 10.3 Å². The predicted octanol–water partition coefficient (Wildman–Crippen LogP) is 4.88. The van der Waals surface area contributed by atoms with Crippen LogP contribution in [0.2, 0.25) is 5.02 Å². The fraction of sp³-hybridized carbons (Fsp3) is 0.143. The molecule has 0 aliphatic carbocycles. The Morgan fingerprint density at radius 3 is 2.74 bits per heavy atom. The predicted molar refractivity (Wildman–Crippen MR) is 129 cm³/mol. The maximum absolute atomic E-state index is 12.6. The smallest absolute Gasteiger partial charge is 0.271 e. The molecular formula is C21H17ClN4O2S3. The minimum absolute atomic E-state index is 0.105. The lowest BCUT2D eigenvalue weighted by atomic mass is 10.2. The van der Waals surface area contributed by atoms with Gasteiger partial charge in [-0.3, -0.25) is 14.2 Å². The van der Waals surface area contributed by atoms with Gasteiger partial charge in [0.05, 0.1) is 5.75 Å². The second-order valence-corrected chi connectivity index (χ2v) is 9.73. The lowest BCUT2D eigenvalue weighted by Crippen LogP contribution is -2.25. The number of aromatic nitrogens is 3. The first kappa shape index (κ1) is 21.8. The Hall–Kier alpha value is -2.46. The third kappa shape index (κ3) is 4.90. The van der Waals surface area contributed by atoms with E-state index in [1.807, 2.05) is 49.4 Å². The van der Waals surface area contributed by atoms with Crippen LogP contribution in [0.3, 0.4) is 0 Å². The van der Waals surface area contributed by atoms with E-state index in [2.05, 4.69) is 15.3 Å². The second-order valence-electron chi connectivity index (χ2n) is 6.72. The minimum Gasteiger partial charge on any atom is -0.351 e. The van der Waals surface area contributed by atoms with Crippen LogP contribution in [-0.2, 0) is 11.3 Å². The molecule has 0 bridgehead atoms. The van der Waals surface area contributed by atoms with Gasteiger partial charge in [0.1, 0.15) is 4.70 Å². The lowest BCUT2D eigenvalue weighted by Gasteiger charge is -2.07. The number of thioether (sulfide) groups is 1. The van der Waals surface area contributed by atoms with Gasteiger partial charge in [0.25, 0.3) is 5.56 Å². The number of hydrogen-bond donors (Lipinski definition) is 2. The molecule has 0 atom stereocenters. The number of benzene rings is 2. The zero-order valence-electron chi connectivity index (χ0n) is 16.3. The monoisotopic (exact) mass is 488 g/mol. The van der Waals surface area contributed by atoms with Crippen molar-refractivity contribution in [3.63, 3.8) is 0 Å². The van der Waals surface area contributed by atoms with Crippen molar-refractivity contribution in [1.82, 2.24) is 19.9 Å². The number of thiazole rings is 1. The van der Waals surface area contributed by atoms with Crippen LogP contribution in [-0.4, -0.2) is 26.2 Å². The zero-order valence-corrected chi connectivity index (χ0v) is 19.6. The third-order valence-corrected chi connectivity index (χ3v) is 7.09. The fourth-order valence-electron chi connectivity index (χ4n) is 2.90. The van der Waals surface area contributed by atoms with Crippen LogP contribution in [0, 0.1) is 10.9 Å². The topological polar surface area (TPSA) is 79.8 Å². The maximum Gasteiger partial charge on any atom is 0.271 e. The van der Waals surface area contributed by atoms with Crippen molar-refractivity contribution in [3.8, 4) is 5.69 Å². The largest absolute Gasteiger partial charge is 0.351 e. The average Bonchev–Trinajstić information content (AvgIpc) is 3.09. The Morgan fingerprint density at radius 2 is 2.00 bits per heavy atom. The second kappa shape index (κ2) is 9.35. The van der Waals surface area contributed by atoms with E-state index in [1.165, 1.54) is 11.3 Å². The summed E-state index contributed by atoms with van der Waals surface area (Å²) in [5.74, 6) is -0.0813. The number of halogens is 1. The van der Waals surface area contributed by atoms with Crippen LogP contribution in [0.1, 0.15) is 11.1 Å². The van der Waals surface area contributed by atoms with E-state index in [0.717, 1.165) is 28.6 Å². The van der Waals surface area contributed by atoms with Crippen molar-refractivity contribution in [2.24, 2.45) is 0 Å². The standard InChI is InChI=1S/C21H17ClN4O2S3/c1-12-6-8-14(9-7-12)26-18-17(31-21(26)29)19(28)25-20(24-18)30-11-16(27)23-10-13-4-2-3-5-15(13)22/h2-9H,10-11H2,1H3,(H,23,27)(H,24,25,28). The number of fused-ring (bicyclic) bond motifs is 1. The minimum atomic E-state index is -0.272. The highest BCUT2D eigenvalue weighted by molar-refractivity contribution is 7.99. The Balaban J connectivity index is 1.53. The molecule has 4 rings (SSSR count). The van der Waals surface area contributed by atoms with Crippen LogP contribution in [0.5, 0.6) is 0 Å². The van der Waals surface area contributed by atoms with Crippen molar-refractivity contribution >= 4 is 63.2 Å². The van der Waals surface area contributed by atoms with Crippen LogP contribution >= 0.6 is 46.9 Å². The first-order chi connectivity index (χ1) is 14.9. The molecule has 158 valence electrons. The Kier molecular flexibility index (Phi) is 6.57. The van der Waals surface area contributed by atoms with Gasteiger partial charge >= 0.3 is 0 Å². The molecule has 2 N–H and O–H groups in total. The SMILES string of the molecule is Cc1ccc(-n2c(=S)sc3c(=O)[nH]c(SCC(=O)NCc4ccccc4Cl)nc32)cc1. The lowest BCUT2D eigenvalue weighted by molar-refractivity contribution is -0.118. The molecule has 0 radical (unpaired) electrons. The molecule has 1 amide bonds. The molecule has 4 aromatic rings. The third-order valence-electron chi connectivity index (χ3n) is 4.49. The summed E-state index contributed by atoms with van der Waals surface area (Å²) in [6.07, 6.45) is 0. The summed E-state index contributed by atoms with van der Waals surface area (Å²) in [4.78, 5) is 32.1. The van der Waals surface area contributed by atoms with Crippen molar-refractivity contribution in [3.05, 3.63) is 79.0 Å². The Bertz CT molecular complexity index is 1380. The number of aryl methyl sites for hydroxylation is 1. The van der Waals surface area contributed by atoms with Crippen molar-refractivity contribution in [1.29, 1.82) is 0 Å². The molecule has 2 aromatic carbocycles. The summed E-state index contributed by atoms with van der Waals surface area (Å²) in [7, 11) is 0. The number of nitrogens with one attached hydrogen (secondary N) is 2. The highest BCUT2D eigenvalue weighted by atomic mass is 35.5. The number of H-pyrrole nitrogens is 1. The number of carbonyl (C=O) groups is 1. The van der Waals surface area contributed by atoms with Gasteiger partial charge in [0.15, 0.2) is 14.8 Å². The maximum atomic E-state index is 12.6. The summed E-state index contributed by atoms with van der Waals surface area (Å²) in [5, 5.41) is 3.79. The van der Waals surface area contributed by atoms with Crippen LogP contribution < -0.4 is 10.9 Å². The first-order valence-corrected chi connectivity index (χ1v) is 11.9. The van der Waals surface area contributed by atoms with E-state index in [4.69, 9.17) is 23.8 Å². The molecule has 2 aromatic heterocycles. The number of aromatic amines is 1. The van der Waals surface area contributed by atoms with E-state index >= 15 is 0 Å². The van der Waals surface area contributed by atoms with Gasteiger partial charge in [-0.1, -0.05) is 70.6 Å². The molecule has 0 aliphatic heterocycles. The summed E-state index contributed by atoms with van der Waals surface area (Å²) in [6, 6.07) is 15.2. The summed E-state index contributed by atoms with van der Waals surface area (Å²) >= 11 is 14.0. The highest BCUT2D eigenvalue weighted by Crippen LogP contribution is 2.25. The summed E-state index contributed by atoms with van der Waals surface area (Å²) in [6.45, 7) is 2.34. The number of nitrogens with zero attached hydrogens (tertiary/aromatic N) is 2. The molecule has 31 heavy (non-hydrogen) atoms. The quantitative estimate of drug-likeness (QED) is 0.230. The van der Waals surface area contributed by atoms with E-state index in [9.17, 15) is 9.59 Å².